The predicted molar refractivity (Wildman–Crippen MR) is 76.4 cm³/mol. The first-order valence-electron chi connectivity index (χ1n) is 6.22. The minimum absolute atomic E-state index is 0.0278. The van der Waals surface area contributed by atoms with Gasteiger partial charge in [0, 0.05) is 31.3 Å². The molecule has 2 N–H and O–H groups in total. The van der Waals surface area contributed by atoms with Crippen LogP contribution in [0.2, 0.25) is 0 Å². The molecule has 0 aliphatic carbocycles. The number of carbonyl (C=O) groups excluding carboxylic acids is 1. The average molecular weight is 261 g/mol. The molecule has 0 aliphatic rings. The maximum Gasteiger partial charge on any atom is 0.319 e. The Bertz CT molecular complexity index is 577. The van der Waals surface area contributed by atoms with Crippen LogP contribution >= 0.6 is 0 Å². The van der Waals surface area contributed by atoms with Gasteiger partial charge in [0.2, 0.25) is 0 Å². The van der Waals surface area contributed by atoms with Crippen molar-refractivity contribution in [3.05, 3.63) is 30.5 Å². The van der Waals surface area contributed by atoms with Crippen molar-refractivity contribution in [2.75, 3.05) is 19.0 Å². The van der Waals surface area contributed by atoms with Gasteiger partial charge in [-0.05, 0) is 13.0 Å². The smallest absolute Gasteiger partial charge is 0.319 e. The lowest BCUT2D eigenvalue weighted by molar-refractivity contribution is 0.173. The number of para-hydroxylation sites is 1. The number of benzene rings is 1. The van der Waals surface area contributed by atoms with E-state index in [0.29, 0.717) is 6.61 Å². The van der Waals surface area contributed by atoms with Crippen molar-refractivity contribution in [3.8, 4) is 0 Å². The van der Waals surface area contributed by atoms with E-state index in [1.54, 1.807) is 7.11 Å². The Morgan fingerprint density at radius 3 is 2.89 bits per heavy atom. The molecular formula is C14H19N3O2. The summed E-state index contributed by atoms with van der Waals surface area (Å²) >= 11 is 0. The molecule has 2 amide bonds. The van der Waals surface area contributed by atoms with Crippen LogP contribution in [-0.4, -0.2) is 30.4 Å². The number of hydrogen-bond acceptors (Lipinski definition) is 2. The van der Waals surface area contributed by atoms with E-state index in [2.05, 4.69) is 10.6 Å². The fourth-order valence-electron chi connectivity index (χ4n) is 2.12. The summed E-state index contributed by atoms with van der Waals surface area (Å²) in [6.07, 6.45) is 1.91. The normalized spacial score (nSPS) is 12.4. The predicted octanol–water partition coefficient (Wildman–Crippen LogP) is 2.33. The summed E-state index contributed by atoms with van der Waals surface area (Å²) in [6.45, 7) is 2.38. The van der Waals surface area contributed by atoms with Crippen LogP contribution in [0.4, 0.5) is 10.5 Å². The van der Waals surface area contributed by atoms with E-state index in [0.717, 1.165) is 16.6 Å². The number of nitrogens with zero attached hydrogens (tertiary/aromatic N) is 1. The Kier molecular flexibility index (Phi) is 4.06. The minimum atomic E-state index is -0.221. The Labute approximate surface area is 112 Å². The number of carbonyl (C=O) groups is 1. The van der Waals surface area contributed by atoms with Gasteiger partial charge in [-0.15, -0.1) is 0 Å². The molecule has 1 aromatic heterocycles. The quantitative estimate of drug-likeness (QED) is 0.887. The lowest BCUT2D eigenvalue weighted by Gasteiger charge is -2.13. The van der Waals surface area contributed by atoms with Gasteiger partial charge in [-0.25, -0.2) is 4.79 Å². The van der Waals surface area contributed by atoms with Crippen molar-refractivity contribution in [1.82, 2.24) is 9.88 Å². The highest BCUT2D eigenvalue weighted by Gasteiger charge is 2.10. The zero-order valence-electron chi connectivity index (χ0n) is 11.4. The van der Waals surface area contributed by atoms with Crippen LogP contribution in [0.15, 0.2) is 30.5 Å². The van der Waals surface area contributed by atoms with Crippen LogP contribution in [0, 0.1) is 0 Å². The average Bonchev–Trinajstić information content (AvgIpc) is 2.67. The highest BCUT2D eigenvalue weighted by Crippen LogP contribution is 2.24. The number of rotatable bonds is 4. The molecule has 102 valence electrons. The van der Waals surface area contributed by atoms with Crippen LogP contribution in [0.25, 0.3) is 10.9 Å². The summed E-state index contributed by atoms with van der Waals surface area (Å²) in [5.41, 5.74) is 1.89. The molecule has 0 radical (unpaired) electrons. The first-order chi connectivity index (χ1) is 9.11. The highest BCUT2D eigenvalue weighted by atomic mass is 16.5. The lowest BCUT2D eigenvalue weighted by Crippen LogP contribution is -2.38. The van der Waals surface area contributed by atoms with Crippen molar-refractivity contribution < 1.29 is 9.53 Å². The minimum Gasteiger partial charge on any atom is -0.383 e. The Balaban J connectivity index is 2.11. The van der Waals surface area contributed by atoms with Gasteiger partial charge in [0.05, 0.1) is 18.3 Å². The summed E-state index contributed by atoms with van der Waals surface area (Å²) in [6, 6.07) is 7.70. The molecule has 1 heterocycles. The van der Waals surface area contributed by atoms with Gasteiger partial charge in [-0.3, -0.25) is 0 Å². The molecule has 1 atom stereocenters. The largest absolute Gasteiger partial charge is 0.383 e. The first-order valence-corrected chi connectivity index (χ1v) is 6.22. The number of hydrogen-bond donors (Lipinski definition) is 2. The summed E-state index contributed by atoms with van der Waals surface area (Å²) in [5.74, 6) is 0. The Hall–Kier alpha value is -2.01. The van der Waals surface area contributed by atoms with Gasteiger partial charge in [0.15, 0.2) is 0 Å². The molecule has 0 saturated heterocycles. The third kappa shape index (κ3) is 3.06. The fourth-order valence-corrected chi connectivity index (χ4v) is 2.12. The van der Waals surface area contributed by atoms with Crippen molar-refractivity contribution in [2.45, 2.75) is 13.0 Å². The second-order valence-corrected chi connectivity index (χ2v) is 4.63. The Morgan fingerprint density at radius 2 is 2.16 bits per heavy atom. The third-order valence-electron chi connectivity index (χ3n) is 2.94. The number of ether oxygens (including phenoxy) is 1. The summed E-state index contributed by atoms with van der Waals surface area (Å²) < 4.78 is 6.97. The molecule has 2 rings (SSSR count). The molecule has 1 aromatic carbocycles. The molecule has 0 aliphatic heterocycles. The van der Waals surface area contributed by atoms with E-state index in [1.807, 2.05) is 49.0 Å². The second kappa shape index (κ2) is 5.75. The molecule has 5 nitrogen and oxygen atoms in total. The summed E-state index contributed by atoms with van der Waals surface area (Å²) in [7, 11) is 3.57. The topological polar surface area (TPSA) is 55.3 Å². The number of nitrogens with one attached hydrogen (secondary N) is 2. The standard InChI is InChI=1S/C14H19N3O2/c1-10(9-19-3)15-14(18)16-12-8-17(2)13-7-5-4-6-11(12)13/h4-8,10H,9H2,1-3H3,(H2,15,16,18). The zero-order valence-corrected chi connectivity index (χ0v) is 11.4. The van der Waals surface area contributed by atoms with Crippen LogP contribution in [0.5, 0.6) is 0 Å². The molecule has 0 bridgehead atoms. The Morgan fingerprint density at radius 1 is 1.42 bits per heavy atom. The zero-order chi connectivity index (χ0) is 13.8. The van der Waals surface area contributed by atoms with E-state index in [-0.39, 0.29) is 12.1 Å². The fraction of sp³-hybridized carbons (Fsp3) is 0.357. The van der Waals surface area contributed by atoms with Crippen molar-refractivity contribution in [1.29, 1.82) is 0 Å². The number of anilines is 1. The molecule has 5 heteroatoms. The molecule has 19 heavy (non-hydrogen) atoms. The van der Waals surface area contributed by atoms with Crippen molar-refractivity contribution >= 4 is 22.6 Å². The monoisotopic (exact) mass is 261 g/mol. The number of fused-ring (bicyclic) bond motifs is 1. The number of aryl methyl sites for hydroxylation is 1. The summed E-state index contributed by atoms with van der Waals surface area (Å²) in [4.78, 5) is 11.9. The molecule has 2 aromatic rings. The van der Waals surface area contributed by atoms with Crippen LogP contribution in [-0.2, 0) is 11.8 Å². The van der Waals surface area contributed by atoms with Crippen molar-refractivity contribution in [3.63, 3.8) is 0 Å². The third-order valence-corrected chi connectivity index (χ3v) is 2.94. The van der Waals surface area contributed by atoms with Crippen molar-refractivity contribution in [2.24, 2.45) is 7.05 Å². The van der Waals surface area contributed by atoms with E-state index < -0.39 is 0 Å². The van der Waals surface area contributed by atoms with E-state index in [4.69, 9.17) is 4.74 Å². The van der Waals surface area contributed by atoms with E-state index >= 15 is 0 Å². The summed E-state index contributed by atoms with van der Waals surface area (Å²) in [5, 5.41) is 6.71. The van der Waals surface area contributed by atoms with Gasteiger partial charge in [0.25, 0.3) is 0 Å². The van der Waals surface area contributed by atoms with Gasteiger partial charge in [-0.2, -0.15) is 0 Å². The molecule has 1 unspecified atom stereocenters. The first kappa shape index (κ1) is 13.4. The highest BCUT2D eigenvalue weighted by molar-refractivity contribution is 6.01. The SMILES string of the molecule is COCC(C)NC(=O)Nc1cn(C)c2ccccc12. The lowest BCUT2D eigenvalue weighted by atomic mass is 10.2. The number of urea groups is 1. The molecular weight excluding hydrogens is 242 g/mol. The van der Waals surface area contributed by atoms with Crippen LogP contribution in [0.3, 0.4) is 0 Å². The number of amides is 2. The van der Waals surface area contributed by atoms with Gasteiger partial charge < -0.3 is 19.9 Å². The van der Waals surface area contributed by atoms with Crippen LogP contribution < -0.4 is 10.6 Å². The van der Waals surface area contributed by atoms with E-state index in [9.17, 15) is 4.79 Å². The van der Waals surface area contributed by atoms with Crippen LogP contribution in [0.1, 0.15) is 6.92 Å². The van der Waals surface area contributed by atoms with Gasteiger partial charge in [-0.1, -0.05) is 18.2 Å². The molecule has 0 spiro atoms. The molecule has 0 saturated carbocycles. The number of aromatic nitrogens is 1. The van der Waals surface area contributed by atoms with E-state index in [1.165, 1.54) is 0 Å². The van der Waals surface area contributed by atoms with Gasteiger partial charge in [0.1, 0.15) is 0 Å². The van der Waals surface area contributed by atoms with Gasteiger partial charge >= 0.3 is 6.03 Å². The molecule has 0 fully saturated rings. The maximum atomic E-state index is 11.9. The number of methoxy groups -OCH3 is 1. The maximum absolute atomic E-state index is 11.9. The second-order valence-electron chi connectivity index (χ2n) is 4.63.